The van der Waals surface area contributed by atoms with Gasteiger partial charge in [0.15, 0.2) is 0 Å². The van der Waals surface area contributed by atoms with Crippen LogP contribution in [0, 0.1) is 0 Å². The minimum absolute atomic E-state index is 0.0888. The van der Waals surface area contributed by atoms with Gasteiger partial charge >= 0.3 is 0 Å². The van der Waals surface area contributed by atoms with Crippen LogP contribution >= 0.6 is 22.6 Å². The first-order chi connectivity index (χ1) is 5.16. The molecular formula is C6H10INO3. The molecule has 2 amide bonds. The number of halogens is 1. The predicted octanol–water partition coefficient (Wildman–Crippen LogP) is 0.820. The van der Waals surface area contributed by atoms with Gasteiger partial charge in [-0.05, 0) is 12.8 Å². The third-order valence-electron chi connectivity index (χ3n) is 1.05. The summed E-state index contributed by atoms with van der Waals surface area (Å²) in [5, 5.41) is 10.5. The minimum atomic E-state index is -0.364. The molecule has 0 aromatic rings. The van der Waals surface area contributed by atoms with Crippen molar-refractivity contribution < 1.29 is 14.7 Å². The SMILES string of the molecule is O=C(I)NC(=O)CCCCO. The lowest BCUT2D eigenvalue weighted by atomic mass is 10.2. The van der Waals surface area contributed by atoms with Crippen molar-refractivity contribution in [2.24, 2.45) is 0 Å². The Balaban J connectivity index is 3.30. The Morgan fingerprint density at radius 2 is 2.00 bits per heavy atom. The topological polar surface area (TPSA) is 66.4 Å². The molecule has 5 heteroatoms. The Morgan fingerprint density at radius 3 is 2.45 bits per heavy atom. The third-order valence-corrected chi connectivity index (χ3v) is 1.32. The quantitative estimate of drug-likeness (QED) is 0.344. The molecular weight excluding hydrogens is 261 g/mol. The second-order valence-corrected chi connectivity index (χ2v) is 2.98. The largest absolute Gasteiger partial charge is 0.396 e. The molecule has 0 saturated carbocycles. The second-order valence-electron chi connectivity index (χ2n) is 2.00. The Kier molecular flexibility index (Phi) is 6.43. The molecule has 0 saturated heterocycles. The highest BCUT2D eigenvalue weighted by Gasteiger charge is 2.02. The van der Waals surface area contributed by atoms with E-state index in [1.165, 1.54) is 22.6 Å². The highest BCUT2D eigenvalue weighted by molar-refractivity contribution is 14.1. The van der Waals surface area contributed by atoms with Crippen LogP contribution in [0.4, 0.5) is 4.79 Å². The van der Waals surface area contributed by atoms with Gasteiger partial charge in [-0.2, -0.15) is 0 Å². The number of carbonyl (C=O) groups is 2. The van der Waals surface area contributed by atoms with Crippen LogP contribution < -0.4 is 5.32 Å². The van der Waals surface area contributed by atoms with E-state index in [9.17, 15) is 9.59 Å². The third kappa shape index (κ3) is 7.73. The molecule has 0 unspecified atom stereocenters. The van der Waals surface area contributed by atoms with Crippen LogP contribution in [0.25, 0.3) is 0 Å². The van der Waals surface area contributed by atoms with E-state index >= 15 is 0 Å². The number of hydrogen-bond donors (Lipinski definition) is 2. The summed E-state index contributed by atoms with van der Waals surface area (Å²) in [5.74, 6) is -0.280. The molecule has 0 aliphatic rings. The average Bonchev–Trinajstić information content (AvgIpc) is 1.86. The zero-order valence-electron chi connectivity index (χ0n) is 5.97. The second kappa shape index (κ2) is 6.53. The van der Waals surface area contributed by atoms with Gasteiger partial charge in [0.25, 0.3) is 3.91 Å². The van der Waals surface area contributed by atoms with Gasteiger partial charge in [-0.15, -0.1) is 0 Å². The number of imide groups is 1. The highest BCUT2D eigenvalue weighted by Crippen LogP contribution is 1.94. The first kappa shape index (κ1) is 10.8. The van der Waals surface area contributed by atoms with Crippen molar-refractivity contribution in [2.75, 3.05) is 6.61 Å². The zero-order valence-corrected chi connectivity index (χ0v) is 8.13. The Labute approximate surface area is 78.5 Å². The van der Waals surface area contributed by atoms with Crippen molar-refractivity contribution in [3.8, 4) is 0 Å². The lowest BCUT2D eigenvalue weighted by Crippen LogP contribution is -2.24. The van der Waals surface area contributed by atoms with Crippen molar-refractivity contribution in [1.82, 2.24) is 5.32 Å². The van der Waals surface area contributed by atoms with Crippen molar-refractivity contribution in [3.05, 3.63) is 0 Å². The van der Waals surface area contributed by atoms with E-state index in [1.54, 1.807) is 0 Å². The lowest BCUT2D eigenvalue weighted by Gasteiger charge is -1.97. The molecule has 0 radical (unpaired) electrons. The summed E-state index contributed by atoms with van der Waals surface area (Å²) in [6.45, 7) is 0.0888. The summed E-state index contributed by atoms with van der Waals surface area (Å²) in [5.41, 5.74) is 0. The maximum absolute atomic E-state index is 10.7. The van der Waals surface area contributed by atoms with E-state index in [-0.39, 0.29) is 16.4 Å². The summed E-state index contributed by atoms with van der Waals surface area (Å²) in [7, 11) is 0. The van der Waals surface area contributed by atoms with Crippen molar-refractivity contribution in [3.63, 3.8) is 0 Å². The number of aliphatic hydroxyl groups is 1. The van der Waals surface area contributed by atoms with Gasteiger partial charge in [0.2, 0.25) is 5.91 Å². The number of hydrogen-bond acceptors (Lipinski definition) is 3. The maximum Gasteiger partial charge on any atom is 0.287 e. The van der Waals surface area contributed by atoms with E-state index in [0.717, 1.165) is 0 Å². The van der Waals surface area contributed by atoms with E-state index in [2.05, 4.69) is 5.32 Å². The Morgan fingerprint density at radius 1 is 1.36 bits per heavy atom. The molecule has 0 aromatic heterocycles. The van der Waals surface area contributed by atoms with Crippen molar-refractivity contribution in [1.29, 1.82) is 0 Å². The molecule has 0 bridgehead atoms. The fourth-order valence-corrected chi connectivity index (χ4v) is 0.870. The summed E-state index contributed by atoms with van der Waals surface area (Å²) in [4.78, 5) is 21.0. The molecule has 11 heavy (non-hydrogen) atoms. The molecule has 0 fully saturated rings. The van der Waals surface area contributed by atoms with Crippen LogP contribution in [-0.2, 0) is 4.79 Å². The standard InChI is InChI=1S/C6H10INO3/c7-6(11)8-5(10)3-1-2-4-9/h9H,1-4H2,(H,8,10,11). The number of nitrogens with one attached hydrogen (secondary N) is 1. The zero-order chi connectivity index (χ0) is 8.69. The number of amides is 2. The summed E-state index contributed by atoms with van der Waals surface area (Å²) < 4.78 is -0.364. The van der Waals surface area contributed by atoms with Gasteiger partial charge < -0.3 is 5.11 Å². The first-order valence-corrected chi connectivity index (χ1v) is 4.35. The van der Waals surface area contributed by atoms with Crippen LogP contribution in [0.15, 0.2) is 0 Å². The molecule has 0 aromatic carbocycles. The van der Waals surface area contributed by atoms with Gasteiger partial charge in [-0.1, -0.05) is 0 Å². The molecule has 0 spiro atoms. The minimum Gasteiger partial charge on any atom is -0.396 e. The lowest BCUT2D eigenvalue weighted by molar-refractivity contribution is -0.119. The van der Waals surface area contributed by atoms with E-state index in [1.807, 2.05) is 0 Å². The fraction of sp³-hybridized carbons (Fsp3) is 0.667. The maximum atomic E-state index is 10.7. The summed E-state index contributed by atoms with van der Waals surface area (Å²) in [6, 6.07) is 0. The monoisotopic (exact) mass is 271 g/mol. The molecule has 0 aliphatic carbocycles. The van der Waals surface area contributed by atoms with Crippen LogP contribution in [0.3, 0.4) is 0 Å². The van der Waals surface area contributed by atoms with E-state index < -0.39 is 0 Å². The number of aliphatic hydroxyl groups excluding tert-OH is 1. The average molecular weight is 271 g/mol. The highest BCUT2D eigenvalue weighted by atomic mass is 127. The van der Waals surface area contributed by atoms with Gasteiger partial charge in [-0.25, -0.2) is 0 Å². The van der Waals surface area contributed by atoms with Gasteiger partial charge in [0, 0.05) is 35.6 Å². The molecule has 0 aliphatic heterocycles. The fourth-order valence-electron chi connectivity index (χ4n) is 0.569. The van der Waals surface area contributed by atoms with Gasteiger partial charge in [-0.3, -0.25) is 14.9 Å². The smallest absolute Gasteiger partial charge is 0.287 e. The number of carbonyl (C=O) groups excluding carboxylic acids is 2. The van der Waals surface area contributed by atoms with Crippen molar-refractivity contribution in [2.45, 2.75) is 19.3 Å². The first-order valence-electron chi connectivity index (χ1n) is 3.27. The van der Waals surface area contributed by atoms with Gasteiger partial charge in [0.05, 0.1) is 0 Å². The van der Waals surface area contributed by atoms with Crippen LogP contribution in [0.2, 0.25) is 0 Å². The molecule has 64 valence electrons. The molecule has 0 heterocycles. The number of rotatable bonds is 4. The van der Waals surface area contributed by atoms with Crippen LogP contribution in [0.5, 0.6) is 0 Å². The predicted molar refractivity (Wildman–Crippen MR) is 48.5 cm³/mol. The van der Waals surface area contributed by atoms with Gasteiger partial charge in [0.1, 0.15) is 0 Å². The van der Waals surface area contributed by atoms with Crippen LogP contribution in [-0.4, -0.2) is 21.5 Å². The normalized spacial score (nSPS) is 9.27. The molecule has 0 atom stereocenters. The Hall–Kier alpha value is -0.170. The van der Waals surface area contributed by atoms with E-state index in [4.69, 9.17) is 5.11 Å². The summed E-state index contributed by atoms with van der Waals surface area (Å²) in [6.07, 6.45) is 1.52. The number of unbranched alkanes of at least 4 members (excludes halogenated alkanes) is 1. The van der Waals surface area contributed by atoms with E-state index in [0.29, 0.717) is 19.3 Å². The molecule has 2 N–H and O–H groups in total. The summed E-state index contributed by atoms with van der Waals surface area (Å²) >= 11 is 1.50. The van der Waals surface area contributed by atoms with Crippen LogP contribution in [0.1, 0.15) is 19.3 Å². The molecule has 0 rings (SSSR count). The molecule has 4 nitrogen and oxygen atoms in total. The Bertz CT molecular complexity index is 149. The van der Waals surface area contributed by atoms with Crippen molar-refractivity contribution >= 4 is 32.4 Å².